The molecule has 1 saturated heterocycles. The van der Waals surface area contributed by atoms with Crippen molar-refractivity contribution in [3.05, 3.63) is 272 Å². The van der Waals surface area contributed by atoms with Crippen LogP contribution in [0.25, 0.3) is 148 Å². The zero-order chi connectivity index (χ0) is 76.2. The van der Waals surface area contributed by atoms with Gasteiger partial charge in [0.1, 0.15) is 0 Å². The van der Waals surface area contributed by atoms with Crippen LogP contribution in [-0.4, -0.2) is 65.1 Å². The predicted molar refractivity (Wildman–Crippen MR) is 477 cm³/mol. The summed E-state index contributed by atoms with van der Waals surface area (Å²) < 4.78 is 0. The summed E-state index contributed by atoms with van der Waals surface area (Å²) in [6.45, 7) is 4.31. The van der Waals surface area contributed by atoms with Crippen LogP contribution in [0.15, 0.2) is 204 Å². The van der Waals surface area contributed by atoms with Crippen LogP contribution in [0.5, 0.6) is 0 Å². The van der Waals surface area contributed by atoms with Gasteiger partial charge in [0.05, 0.1) is 58.6 Å². The molecule has 578 valence electrons. The molecule has 0 spiro atoms. The van der Waals surface area contributed by atoms with Crippen LogP contribution in [0.2, 0.25) is 0 Å². The van der Waals surface area contributed by atoms with Crippen LogP contribution in [-0.2, 0) is 39.0 Å². The summed E-state index contributed by atoms with van der Waals surface area (Å²) in [7, 11) is 0. The minimum absolute atomic E-state index is 0. The van der Waals surface area contributed by atoms with E-state index >= 15 is 0 Å². The summed E-state index contributed by atoms with van der Waals surface area (Å²) in [5.74, 6) is 2.69. The van der Waals surface area contributed by atoms with Gasteiger partial charge in [-0.3, -0.25) is 9.98 Å². The molecular weight excluding hydrogens is 1520 g/mol. The molecule has 16 bridgehead atoms. The van der Waals surface area contributed by atoms with E-state index in [9.17, 15) is 0 Å². The number of piperidine rings is 1. The van der Waals surface area contributed by atoms with Crippen molar-refractivity contribution in [2.24, 2.45) is 15.9 Å². The molecule has 4 saturated carbocycles. The topological polar surface area (TPSA) is 161 Å². The second-order valence-electron chi connectivity index (χ2n) is 32.2. The van der Waals surface area contributed by atoms with E-state index in [2.05, 4.69) is 227 Å². The molecule has 20 rings (SSSR count). The normalized spacial score (nSPS) is 17.3. The average Bonchev–Trinajstić information content (AvgIpc) is 1.62. The standard InChI is InChI=1S/C44H52N4.C44H28N4.C14H20N4.2Zn/c2*1-5-13-29(14-6-1)41-33-21-23-35(45-33)42(30-15-7-2-8-16-30)37-25-27-39(47-37)44(32-19-11-4-12-20-32)40-28-26-38(48-40)43(31-17-9-3-10-18-31)36-24-22-34(41)46-36;1-5-15-6-2-13(1)11-17-9-10-18-12-14-3-7-16-8-4-14;;/h21-32H,1-20H2;1-28H;1-2,5,11-12,14H,3-4,6-10H2;;/q3*-2;;. The van der Waals surface area contributed by atoms with Gasteiger partial charge in [0.25, 0.3) is 0 Å². The molecule has 0 N–H and O–H groups in total. The largest absolute Gasteiger partial charge is 0.687 e. The van der Waals surface area contributed by atoms with Crippen molar-refractivity contribution >= 4 is 105 Å². The van der Waals surface area contributed by atoms with Gasteiger partial charge >= 0.3 is 0 Å². The molecular formula is C102H100N12Zn2-6. The first kappa shape index (κ1) is 79.7. The van der Waals surface area contributed by atoms with Gasteiger partial charge in [0.2, 0.25) is 0 Å². The monoisotopic (exact) mass is 1620 g/mol. The molecule has 4 aliphatic carbocycles. The Labute approximate surface area is 709 Å². The van der Waals surface area contributed by atoms with Crippen molar-refractivity contribution in [1.29, 1.82) is 0 Å². The summed E-state index contributed by atoms with van der Waals surface area (Å²) >= 11 is 0. The van der Waals surface area contributed by atoms with Crippen molar-refractivity contribution in [3.63, 3.8) is 0 Å². The Hall–Kier alpha value is -10.1. The Morgan fingerprint density at radius 3 is 0.897 bits per heavy atom. The van der Waals surface area contributed by atoms with Crippen LogP contribution in [0.1, 0.15) is 233 Å². The molecule has 0 atom stereocenters. The molecule has 0 unspecified atom stereocenters. The van der Waals surface area contributed by atoms with E-state index in [1.54, 1.807) is 0 Å². The first-order valence-corrected chi connectivity index (χ1v) is 42.5. The van der Waals surface area contributed by atoms with Crippen LogP contribution in [0.3, 0.4) is 0 Å². The number of benzene rings is 4. The third kappa shape index (κ3) is 18.0. The Kier molecular flexibility index (Phi) is 26.3. The van der Waals surface area contributed by atoms with Crippen LogP contribution >= 0.6 is 0 Å². The second-order valence-corrected chi connectivity index (χ2v) is 32.2. The summed E-state index contributed by atoms with van der Waals surface area (Å²) in [6.07, 6.45) is 55.6. The molecule has 6 aliphatic heterocycles. The maximum atomic E-state index is 5.57. The smallest absolute Gasteiger partial charge is 0.0704 e. The van der Waals surface area contributed by atoms with Gasteiger partial charge in [-0.2, -0.15) is 6.20 Å². The Balaban J connectivity index is 0.000000142. The number of hydrogen-bond donors (Lipinski definition) is 0. The summed E-state index contributed by atoms with van der Waals surface area (Å²) in [5.41, 5.74) is 30.9. The number of rotatable bonds is 13. The van der Waals surface area contributed by atoms with Crippen LogP contribution in [0, 0.1) is 5.92 Å². The predicted octanol–water partition coefficient (Wildman–Crippen LogP) is 25.4. The van der Waals surface area contributed by atoms with Gasteiger partial charge < -0.3 is 30.6 Å². The maximum Gasteiger partial charge on any atom is 0.0704 e. The van der Waals surface area contributed by atoms with E-state index in [1.165, 1.54) is 151 Å². The van der Waals surface area contributed by atoms with E-state index < -0.39 is 0 Å². The molecule has 5 fully saturated rings. The number of fused-ring (bicyclic) bond motifs is 16. The van der Waals surface area contributed by atoms with Crippen LogP contribution in [0.4, 0.5) is 0 Å². The fraction of sp³-hybridized carbons (Fsp3) is 0.314. The fourth-order valence-electron chi connectivity index (χ4n) is 19.1. The second kappa shape index (κ2) is 38.3. The fourth-order valence-corrected chi connectivity index (χ4v) is 19.1. The van der Waals surface area contributed by atoms with E-state index in [-0.39, 0.29) is 39.0 Å². The molecule has 6 aromatic heterocycles. The van der Waals surface area contributed by atoms with Gasteiger partial charge in [0.15, 0.2) is 0 Å². The maximum absolute atomic E-state index is 5.57. The zero-order valence-corrected chi connectivity index (χ0v) is 72.9. The van der Waals surface area contributed by atoms with Crippen molar-refractivity contribution in [2.75, 3.05) is 32.7 Å². The third-order valence-electron chi connectivity index (χ3n) is 24.7. The van der Waals surface area contributed by atoms with Crippen LogP contribution < -0.4 is 19.9 Å². The molecule has 0 amide bonds. The number of aromatic nitrogens is 8. The molecule has 12 nitrogen and oxygen atoms in total. The van der Waals surface area contributed by atoms with Crippen molar-refractivity contribution < 1.29 is 39.0 Å². The summed E-state index contributed by atoms with van der Waals surface area (Å²) in [4.78, 5) is 52.3. The number of hydrogen-bond acceptors (Lipinski definition) is 6. The minimum Gasteiger partial charge on any atom is -0.687 e. The summed E-state index contributed by atoms with van der Waals surface area (Å²) in [6, 6.07) is 59.3. The Morgan fingerprint density at radius 2 is 0.586 bits per heavy atom. The number of aliphatic imine (C=N–C) groups is 2. The first-order valence-electron chi connectivity index (χ1n) is 42.5. The summed E-state index contributed by atoms with van der Waals surface area (Å²) in [5, 5.41) is 8.42. The van der Waals surface area contributed by atoms with E-state index in [1.807, 2.05) is 42.8 Å². The minimum atomic E-state index is 0. The SMILES string of the molecule is C1=CC(C=NCCN=CC2CC[N-]CC2)=CC[N-]1.C1=Cc2nc1c(-c1ccccc1)c1ccc([n-]1)c(-c1ccccc1)c1nc(c(-c3ccccc3)c3ccc([n-]3)c2-c2ccccc2)C=C1.C1=Cc2nc1c(C1CCCCC1)c1ccc([n-]1)c(C1CCCCC1)c1nc(c(C3CCCCC3)c3ccc([n-]3)c2C2CCCCC2)C=C1.[Zn].[Zn]. The Morgan fingerprint density at radius 1 is 0.302 bits per heavy atom. The molecule has 4 aromatic carbocycles. The molecule has 14 heteroatoms. The van der Waals surface area contributed by atoms with E-state index in [4.69, 9.17) is 39.9 Å². The first-order chi connectivity index (χ1) is 56.5. The van der Waals surface area contributed by atoms with Gasteiger partial charge in [-0.05, 0) is 202 Å². The Bertz CT molecular complexity index is 5090. The van der Waals surface area contributed by atoms with Crippen molar-refractivity contribution in [1.82, 2.24) is 39.9 Å². The van der Waals surface area contributed by atoms with Gasteiger partial charge in [-0.25, -0.2) is 19.9 Å². The zero-order valence-electron chi connectivity index (χ0n) is 66.9. The molecule has 10 aliphatic rings. The molecule has 116 heavy (non-hydrogen) atoms. The van der Waals surface area contributed by atoms with Crippen molar-refractivity contribution in [2.45, 2.75) is 165 Å². The number of nitrogens with zero attached hydrogens (tertiary/aromatic N) is 12. The van der Waals surface area contributed by atoms with E-state index in [0.29, 0.717) is 29.6 Å². The number of allylic oxidation sites excluding steroid dienone is 2. The van der Waals surface area contributed by atoms with E-state index in [0.717, 1.165) is 185 Å². The molecule has 12 heterocycles. The quantitative estimate of drug-likeness (QED) is 0.0626. The average molecular weight is 1620 g/mol. The van der Waals surface area contributed by atoms with Gasteiger partial charge in [0, 0.05) is 51.4 Å². The molecule has 10 aromatic rings. The van der Waals surface area contributed by atoms with Gasteiger partial charge in [-0.1, -0.05) is 272 Å². The van der Waals surface area contributed by atoms with Crippen molar-refractivity contribution in [3.8, 4) is 44.5 Å². The molecule has 0 radical (unpaired) electrons. The third-order valence-corrected chi connectivity index (χ3v) is 24.7. The van der Waals surface area contributed by atoms with Gasteiger partial charge in [-0.15, -0.1) is 63.8 Å².